The van der Waals surface area contributed by atoms with Gasteiger partial charge in [0.2, 0.25) is 5.91 Å². The minimum atomic E-state index is 0.0186. The zero-order valence-corrected chi connectivity index (χ0v) is 13.2. The molecule has 0 aromatic heterocycles. The summed E-state index contributed by atoms with van der Waals surface area (Å²) < 4.78 is 6.09. The largest absolute Gasteiger partial charge is 0.496 e. The number of aliphatic hydroxyl groups is 1. The van der Waals surface area contributed by atoms with Gasteiger partial charge in [-0.05, 0) is 52.9 Å². The van der Waals surface area contributed by atoms with Crippen LogP contribution in [0.5, 0.6) is 5.75 Å². The number of carbonyl (C=O) groups is 1. The standard InChI is InChI=1S/C15H20BrNO3/c1-20-14-6-4-11(9-13(14)16)5-7-15(19)17-8-2-3-12(17)10-18/h4,6,9,12,18H,2-3,5,7-8,10H2,1H3/t12-/m1/s1. The third kappa shape index (κ3) is 3.52. The molecule has 1 aliphatic heterocycles. The van der Waals surface area contributed by atoms with E-state index in [0.717, 1.165) is 35.2 Å². The number of ether oxygens (including phenoxy) is 1. The molecular weight excluding hydrogens is 322 g/mol. The Bertz CT molecular complexity index is 478. The summed E-state index contributed by atoms with van der Waals surface area (Å²) in [6.07, 6.45) is 3.09. The van der Waals surface area contributed by atoms with Gasteiger partial charge in [-0.2, -0.15) is 0 Å². The average Bonchev–Trinajstić information content (AvgIpc) is 2.93. The van der Waals surface area contributed by atoms with Crippen LogP contribution in [0.25, 0.3) is 0 Å². The average molecular weight is 342 g/mol. The molecule has 0 saturated carbocycles. The Morgan fingerprint density at radius 3 is 3.00 bits per heavy atom. The molecule has 0 spiro atoms. The molecule has 1 aromatic carbocycles. The number of aliphatic hydroxyl groups excluding tert-OH is 1. The summed E-state index contributed by atoms with van der Waals surface area (Å²) in [6.45, 7) is 0.843. The quantitative estimate of drug-likeness (QED) is 0.894. The van der Waals surface area contributed by atoms with E-state index in [1.807, 2.05) is 23.1 Å². The number of rotatable bonds is 5. The fraction of sp³-hybridized carbons (Fsp3) is 0.533. The first-order valence-electron chi connectivity index (χ1n) is 6.88. The van der Waals surface area contributed by atoms with Gasteiger partial charge < -0.3 is 14.7 Å². The van der Waals surface area contributed by atoms with Crippen LogP contribution >= 0.6 is 15.9 Å². The first-order chi connectivity index (χ1) is 9.65. The van der Waals surface area contributed by atoms with E-state index in [4.69, 9.17) is 4.74 Å². The third-order valence-electron chi connectivity index (χ3n) is 3.75. The summed E-state index contributed by atoms with van der Waals surface area (Å²) in [5.74, 6) is 0.924. The van der Waals surface area contributed by atoms with Crippen molar-refractivity contribution in [3.63, 3.8) is 0 Å². The van der Waals surface area contributed by atoms with Crippen LogP contribution in [0.15, 0.2) is 22.7 Å². The Kier molecular flexibility index (Phi) is 5.43. The number of likely N-dealkylation sites (tertiary alicyclic amines) is 1. The van der Waals surface area contributed by atoms with Gasteiger partial charge in [0.1, 0.15) is 5.75 Å². The van der Waals surface area contributed by atoms with Crippen molar-refractivity contribution >= 4 is 21.8 Å². The number of hydrogen-bond acceptors (Lipinski definition) is 3. The highest BCUT2D eigenvalue weighted by atomic mass is 79.9. The lowest BCUT2D eigenvalue weighted by Gasteiger charge is -2.23. The summed E-state index contributed by atoms with van der Waals surface area (Å²) in [7, 11) is 1.63. The lowest BCUT2D eigenvalue weighted by atomic mass is 10.1. The Morgan fingerprint density at radius 1 is 1.55 bits per heavy atom. The Balaban J connectivity index is 1.91. The topological polar surface area (TPSA) is 49.8 Å². The van der Waals surface area contributed by atoms with Crippen molar-refractivity contribution in [2.75, 3.05) is 20.3 Å². The first kappa shape index (κ1) is 15.3. The Labute approximate surface area is 127 Å². The van der Waals surface area contributed by atoms with Gasteiger partial charge >= 0.3 is 0 Å². The van der Waals surface area contributed by atoms with Gasteiger partial charge in [-0.3, -0.25) is 4.79 Å². The van der Waals surface area contributed by atoms with Crippen LogP contribution in [0.3, 0.4) is 0 Å². The number of benzene rings is 1. The van der Waals surface area contributed by atoms with Crippen molar-refractivity contribution in [2.24, 2.45) is 0 Å². The zero-order valence-electron chi connectivity index (χ0n) is 11.6. The van der Waals surface area contributed by atoms with Gasteiger partial charge in [0.15, 0.2) is 0 Å². The number of aryl methyl sites for hydroxylation is 1. The Hall–Kier alpha value is -1.07. The molecule has 1 N–H and O–H groups in total. The van der Waals surface area contributed by atoms with E-state index in [2.05, 4.69) is 15.9 Å². The maximum atomic E-state index is 12.2. The lowest BCUT2D eigenvalue weighted by Crippen LogP contribution is -2.37. The molecule has 1 amide bonds. The van der Waals surface area contributed by atoms with E-state index in [0.29, 0.717) is 12.8 Å². The van der Waals surface area contributed by atoms with Crippen molar-refractivity contribution in [3.05, 3.63) is 28.2 Å². The minimum absolute atomic E-state index is 0.0186. The summed E-state index contributed by atoms with van der Waals surface area (Å²) in [5.41, 5.74) is 1.10. The van der Waals surface area contributed by atoms with E-state index in [9.17, 15) is 9.90 Å². The predicted molar refractivity (Wildman–Crippen MR) is 80.8 cm³/mol. The molecule has 1 aromatic rings. The van der Waals surface area contributed by atoms with Crippen molar-refractivity contribution in [1.82, 2.24) is 4.90 Å². The van der Waals surface area contributed by atoms with Gasteiger partial charge in [0, 0.05) is 13.0 Å². The predicted octanol–water partition coefficient (Wildman–Crippen LogP) is 2.37. The van der Waals surface area contributed by atoms with Crippen LogP contribution in [0.4, 0.5) is 0 Å². The molecule has 0 bridgehead atoms. The number of nitrogens with zero attached hydrogens (tertiary/aromatic N) is 1. The third-order valence-corrected chi connectivity index (χ3v) is 4.37. The number of halogens is 1. The molecule has 0 aliphatic carbocycles. The molecule has 110 valence electrons. The second-order valence-corrected chi connectivity index (χ2v) is 5.89. The summed E-state index contributed by atoms with van der Waals surface area (Å²) in [5, 5.41) is 9.25. The van der Waals surface area contributed by atoms with Crippen LogP contribution in [0.1, 0.15) is 24.8 Å². The molecule has 20 heavy (non-hydrogen) atoms. The second kappa shape index (κ2) is 7.09. The van der Waals surface area contributed by atoms with E-state index in [1.54, 1.807) is 7.11 Å². The Morgan fingerprint density at radius 2 is 2.35 bits per heavy atom. The molecule has 0 unspecified atom stereocenters. The fourth-order valence-electron chi connectivity index (χ4n) is 2.61. The van der Waals surface area contributed by atoms with Gasteiger partial charge in [-0.1, -0.05) is 6.07 Å². The van der Waals surface area contributed by atoms with Crippen molar-refractivity contribution in [2.45, 2.75) is 31.7 Å². The fourth-order valence-corrected chi connectivity index (χ4v) is 3.20. The normalized spacial score (nSPS) is 18.4. The second-order valence-electron chi connectivity index (χ2n) is 5.03. The molecular formula is C15H20BrNO3. The van der Waals surface area contributed by atoms with Crippen LogP contribution in [0, 0.1) is 0 Å². The van der Waals surface area contributed by atoms with E-state index >= 15 is 0 Å². The summed E-state index contributed by atoms with van der Waals surface area (Å²) in [4.78, 5) is 14.0. The molecule has 4 nitrogen and oxygen atoms in total. The smallest absolute Gasteiger partial charge is 0.223 e. The van der Waals surface area contributed by atoms with Gasteiger partial charge in [0.25, 0.3) is 0 Å². The van der Waals surface area contributed by atoms with E-state index in [-0.39, 0.29) is 18.6 Å². The molecule has 1 heterocycles. The first-order valence-corrected chi connectivity index (χ1v) is 7.67. The van der Waals surface area contributed by atoms with Crippen LogP contribution in [-0.4, -0.2) is 42.2 Å². The molecule has 1 saturated heterocycles. The van der Waals surface area contributed by atoms with Crippen LogP contribution in [-0.2, 0) is 11.2 Å². The van der Waals surface area contributed by atoms with Gasteiger partial charge in [0.05, 0.1) is 24.2 Å². The van der Waals surface area contributed by atoms with Crippen molar-refractivity contribution in [1.29, 1.82) is 0 Å². The molecule has 2 rings (SSSR count). The highest BCUT2D eigenvalue weighted by Gasteiger charge is 2.27. The number of carbonyl (C=O) groups excluding carboxylic acids is 1. The van der Waals surface area contributed by atoms with Crippen molar-refractivity contribution < 1.29 is 14.6 Å². The van der Waals surface area contributed by atoms with Crippen LogP contribution in [0.2, 0.25) is 0 Å². The summed E-state index contributed by atoms with van der Waals surface area (Å²) >= 11 is 3.45. The molecule has 1 atom stereocenters. The minimum Gasteiger partial charge on any atom is -0.496 e. The van der Waals surface area contributed by atoms with Gasteiger partial charge in [-0.25, -0.2) is 0 Å². The summed E-state index contributed by atoms with van der Waals surface area (Å²) in [6, 6.07) is 5.88. The van der Waals surface area contributed by atoms with Gasteiger partial charge in [-0.15, -0.1) is 0 Å². The van der Waals surface area contributed by atoms with Crippen molar-refractivity contribution in [3.8, 4) is 5.75 Å². The number of methoxy groups -OCH3 is 1. The maximum Gasteiger partial charge on any atom is 0.223 e. The SMILES string of the molecule is COc1ccc(CCC(=O)N2CCC[C@@H]2CO)cc1Br. The highest BCUT2D eigenvalue weighted by molar-refractivity contribution is 9.10. The number of hydrogen-bond donors (Lipinski definition) is 1. The molecule has 1 fully saturated rings. The molecule has 5 heteroatoms. The number of amides is 1. The monoisotopic (exact) mass is 341 g/mol. The zero-order chi connectivity index (χ0) is 14.5. The maximum absolute atomic E-state index is 12.2. The van der Waals surface area contributed by atoms with E-state index in [1.165, 1.54) is 0 Å². The van der Waals surface area contributed by atoms with Crippen LogP contribution < -0.4 is 4.74 Å². The van der Waals surface area contributed by atoms with E-state index < -0.39 is 0 Å². The molecule has 0 radical (unpaired) electrons. The molecule has 1 aliphatic rings. The highest BCUT2D eigenvalue weighted by Crippen LogP contribution is 2.26. The lowest BCUT2D eigenvalue weighted by molar-refractivity contribution is -0.132.